The standard InChI is InChI=1S/C18H19N3O3S3/c1-2-21-17(23)15-12(13-4-3-9-25-13)10-26-16(15)19-18(21)27-11-14(22)20-5-7-24-8-6-20/h3-4,9-10H,2,5-8,11H2,1H3. The summed E-state index contributed by atoms with van der Waals surface area (Å²) < 4.78 is 6.96. The van der Waals surface area contributed by atoms with Crippen LogP contribution in [0.15, 0.2) is 32.8 Å². The Kier molecular flexibility index (Phi) is 5.63. The van der Waals surface area contributed by atoms with Crippen molar-refractivity contribution in [2.75, 3.05) is 32.1 Å². The number of aromatic nitrogens is 2. The normalized spacial score (nSPS) is 14.8. The van der Waals surface area contributed by atoms with Crippen molar-refractivity contribution in [3.05, 3.63) is 33.2 Å². The third-order valence-corrected chi connectivity index (χ3v) is 7.19. The molecule has 3 aromatic rings. The maximum absolute atomic E-state index is 13.1. The van der Waals surface area contributed by atoms with Gasteiger partial charge in [-0.15, -0.1) is 22.7 Å². The van der Waals surface area contributed by atoms with E-state index < -0.39 is 0 Å². The molecule has 27 heavy (non-hydrogen) atoms. The van der Waals surface area contributed by atoms with Gasteiger partial charge in [0.25, 0.3) is 5.56 Å². The van der Waals surface area contributed by atoms with Crippen LogP contribution >= 0.6 is 34.4 Å². The summed E-state index contributed by atoms with van der Waals surface area (Å²) in [6, 6.07) is 4.00. The smallest absolute Gasteiger partial charge is 0.263 e. The van der Waals surface area contributed by atoms with Crippen LogP contribution in [0.5, 0.6) is 0 Å². The fourth-order valence-electron chi connectivity index (χ4n) is 3.04. The number of thiophene rings is 2. The van der Waals surface area contributed by atoms with Crippen molar-refractivity contribution in [2.45, 2.75) is 18.6 Å². The quantitative estimate of drug-likeness (QED) is 0.468. The predicted octanol–water partition coefficient (Wildman–Crippen LogP) is 3.16. The number of hydrogen-bond acceptors (Lipinski definition) is 7. The Hall–Kier alpha value is -1.68. The number of thioether (sulfide) groups is 1. The van der Waals surface area contributed by atoms with E-state index in [1.165, 1.54) is 23.1 Å². The fraction of sp³-hybridized carbons (Fsp3) is 0.389. The molecule has 6 nitrogen and oxygen atoms in total. The van der Waals surface area contributed by atoms with Crippen molar-refractivity contribution in [2.24, 2.45) is 0 Å². The molecule has 0 radical (unpaired) electrons. The van der Waals surface area contributed by atoms with Gasteiger partial charge < -0.3 is 9.64 Å². The van der Waals surface area contributed by atoms with E-state index in [-0.39, 0.29) is 17.2 Å². The first-order chi connectivity index (χ1) is 13.2. The lowest BCUT2D eigenvalue weighted by molar-refractivity contribution is -0.132. The highest BCUT2D eigenvalue weighted by molar-refractivity contribution is 7.99. The average molecular weight is 422 g/mol. The molecule has 4 rings (SSSR count). The minimum Gasteiger partial charge on any atom is -0.378 e. The number of carbonyl (C=O) groups is 1. The van der Waals surface area contributed by atoms with E-state index in [1.54, 1.807) is 15.9 Å². The zero-order chi connectivity index (χ0) is 18.8. The second kappa shape index (κ2) is 8.14. The molecule has 4 heterocycles. The van der Waals surface area contributed by atoms with Crippen LogP contribution in [0.3, 0.4) is 0 Å². The summed E-state index contributed by atoms with van der Waals surface area (Å²) >= 11 is 4.43. The van der Waals surface area contributed by atoms with Gasteiger partial charge in [0, 0.05) is 35.5 Å². The minimum absolute atomic E-state index is 0.0338. The number of ether oxygens (including phenoxy) is 1. The second-order valence-corrected chi connectivity index (χ2v) is 8.78. The van der Waals surface area contributed by atoms with Crippen LogP contribution < -0.4 is 5.56 Å². The van der Waals surface area contributed by atoms with Gasteiger partial charge in [-0.05, 0) is 18.4 Å². The molecule has 1 saturated heterocycles. The van der Waals surface area contributed by atoms with E-state index in [0.29, 0.717) is 43.4 Å². The number of nitrogens with zero attached hydrogens (tertiary/aromatic N) is 3. The summed E-state index contributed by atoms with van der Waals surface area (Å²) in [4.78, 5) is 33.9. The Morgan fingerprint density at radius 3 is 2.85 bits per heavy atom. The molecule has 0 bridgehead atoms. The van der Waals surface area contributed by atoms with Gasteiger partial charge in [0.05, 0.1) is 24.4 Å². The molecule has 0 aliphatic carbocycles. The maximum atomic E-state index is 13.1. The Morgan fingerprint density at radius 2 is 2.15 bits per heavy atom. The van der Waals surface area contributed by atoms with Crippen LogP contribution in [0.25, 0.3) is 20.7 Å². The number of hydrogen-bond donors (Lipinski definition) is 0. The summed E-state index contributed by atoms with van der Waals surface area (Å²) in [5, 5.41) is 5.29. The van der Waals surface area contributed by atoms with Gasteiger partial charge in [-0.3, -0.25) is 14.2 Å². The number of amides is 1. The van der Waals surface area contributed by atoms with Crippen molar-refractivity contribution in [1.82, 2.24) is 14.5 Å². The Balaban J connectivity index is 1.63. The minimum atomic E-state index is -0.0338. The molecule has 0 aromatic carbocycles. The molecule has 1 fully saturated rings. The number of fused-ring (bicyclic) bond motifs is 1. The van der Waals surface area contributed by atoms with Gasteiger partial charge >= 0.3 is 0 Å². The summed E-state index contributed by atoms with van der Waals surface area (Å²) in [5.74, 6) is 0.340. The van der Waals surface area contributed by atoms with E-state index >= 15 is 0 Å². The lowest BCUT2D eigenvalue weighted by atomic mass is 10.2. The Morgan fingerprint density at radius 1 is 1.33 bits per heavy atom. The molecule has 0 atom stereocenters. The van der Waals surface area contributed by atoms with Crippen LogP contribution in [0.2, 0.25) is 0 Å². The molecule has 0 saturated carbocycles. The van der Waals surface area contributed by atoms with Gasteiger partial charge in [0.15, 0.2) is 5.16 Å². The molecule has 1 aliphatic heterocycles. The SMILES string of the molecule is CCn1c(SCC(=O)N2CCOCC2)nc2scc(-c3cccs3)c2c1=O. The lowest BCUT2D eigenvalue weighted by Gasteiger charge is -2.26. The van der Waals surface area contributed by atoms with E-state index in [0.717, 1.165) is 15.3 Å². The van der Waals surface area contributed by atoms with Gasteiger partial charge in [-0.2, -0.15) is 0 Å². The first-order valence-corrected chi connectivity index (χ1v) is 11.5. The van der Waals surface area contributed by atoms with Crippen LogP contribution in [-0.4, -0.2) is 52.4 Å². The monoisotopic (exact) mass is 421 g/mol. The number of morpholine rings is 1. The third-order valence-electron chi connectivity index (χ3n) is 4.45. The summed E-state index contributed by atoms with van der Waals surface area (Å²) in [7, 11) is 0. The van der Waals surface area contributed by atoms with Gasteiger partial charge in [-0.1, -0.05) is 17.8 Å². The molecule has 9 heteroatoms. The largest absolute Gasteiger partial charge is 0.378 e. The first kappa shape index (κ1) is 18.7. The zero-order valence-corrected chi connectivity index (χ0v) is 17.3. The number of carbonyl (C=O) groups excluding carboxylic acids is 1. The summed E-state index contributed by atoms with van der Waals surface area (Å²) in [6.45, 7) is 4.88. The van der Waals surface area contributed by atoms with Crippen LogP contribution in [0, 0.1) is 0 Å². The third kappa shape index (κ3) is 3.69. The highest BCUT2D eigenvalue weighted by Gasteiger charge is 2.20. The second-order valence-electron chi connectivity index (χ2n) is 6.03. The topological polar surface area (TPSA) is 64.4 Å². The average Bonchev–Trinajstić information content (AvgIpc) is 3.36. The van der Waals surface area contributed by atoms with Gasteiger partial charge in [0.1, 0.15) is 4.83 Å². The highest BCUT2D eigenvalue weighted by atomic mass is 32.2. The molecular weight excluding hydrogens is 402 g/mol. The van der Waals surface area contributed by atoms with Crippen molar-refractivity contribution in [3.8, 4) is 10.4 Å². The maximum Gasteiger partial charge on any atom is 0.263 e. The van der Waals surface area contributed by atoms with Crippen LogP contribution in [-0.2, 0) is 16.1 Å². The van der Waals surface area contributed by atoms with E-state index in [9.17, 15) is 9.59 Å². The van der Waals surface area contributed by atoms with Crippen molar-refractivity contribution in [1.29, 1.82) is 0 Å². The summed E-state index contributed by atoms with van der Waals surface area (Å²) in [6.07, 6.45) is 0. The van der Waals surface area contributed by atoms with E-state index in [2.05, 4.69) is 0 Å². The summed E-state index contributed by atoms with van der Waals surface area (Å²) in [5.41, 5.74) is 0.916. The molecule has 1 amide bonds. The molecule has 3 aromatic heterocycles. The number of rotatable bonds is 5. The first-order valence-electron chi connectivity index (χ1n) is 8.73. The van der Waals surface area contributed by atoms with Crippen LogP contribution in [0.4, 0.5) is 0 Å². The lowest BCUT2D eigenvalue weighted by Crippen LogP contribution is -2.41. The molecule has 0 unspecified atom stereocenters. The highest BCUT2D eigenvalue weighted by Crippen LogP contribution is 2.34. The van der Waals surface area contributed by atoms with Gasteiger partial charge in [0.2, 0.25) is 5.91 Å². The molecule has 1 aliphatic rings. The molecule has 142 valence electrons. The van der Waals surface area contributed by atoms with Crippen LogP contribution in [0.1, 0.15) is 6.92 Å². The van der Waals surface area contributed by atoms with Crippen molar-refractivity contribution >= 4 is 50.6 Å². The Labute approximate surface area is 168 Å². The molecule has 0 N–H and O–H groups in total. The predicted molar refractivity (Wildman–Crippen MR) is 111 cm³/mol. The molecular formula is C18H19N3O3S3. The van der Waals surface area contributed by atoms with E-state index in [1.807, 2.05) is 34.7 Å². The molecule has 0 spiro atoms. The fourth-order valence-corrected chi connectivity index (χ4v) is 5.81. The van der Waals surface area contributed by atoms with Gasteiger partial charge in [-0.25, -0.2) is 4.98 Å². The zero-order valence-electron chi connectivity index (χ0n) is 14.8. The Bertz CT molecular complexity index is 1000. The van der Waals surface area contributed by atoms with Crippen molar-refractivity contribution in [3.63, 3.8) is 0 Å². The van der Waals surface area contributed by atoms with Crippen molar-refractivity contribution < 1.29 is 9.53 Å². The van der Waals surface area contributed by atoms with E-state index in [4.69, 9.17) is 9.72 Å².